The number of nitrogens with zero attached hydrogens (tertiary/aromatic N) is 2. The van der Waals surface area contributed by atoms with E-state index >= 15 is 0 Å². The van der Waals surface area contributed by atoms with E-state index in [-0.39, 0.29) is 0 Å². The molecule has 128 valence electrons. The van der Waals surface area contributed by atoms with E-state index in [9.17, 15) is 5.11 Å². The van der Waals surface area contributed by atoms with E-state index in [2.05, 4.69) is 54.8 Å². The Balaban J connectivity index is 1.95. The van der Waals surface area contributed by atoms with Gasteiger partial charge >= 0.3 is 0 Å². The van der Waals surface area contributed by atoms with Gasteiger partial charge in [0.15, 0.2) is 0 Å². The van der Waals surface area contributed by atoms with Gasteiger partial charge in [-0.15, -0.1) is 11.3 Å². The summed E-state index contributed by atoms with van der Waals surface area (Å²) >= 11 is 1.69. The summed E-state index contributed by atoms with van der Waals surface area (Å²) in [6.45, 7) is 8.61. The van der Waals surface area contributed by atoms with Gasteiger partial charge in [-0.25, -0.2) is 0 Å². The van der Waals surface area contributed by atoms with Crippen LogP contribution >= 0.6 is 11.3 Å². The Bertz CT molecular complexity index is 734. The van der Waals surface area contributed by atoms with E-state index in [4.69, 9.17) is 0 Å². The largest absolute Gasteiger partial charge is 0.378 e. The fourth-order valence-electron chi connectivity index (χ4n) is 2.32. The molecule has 0 bridgehead atoms. The third-order valence-electron chi connectivity index (χ3n) is 3.79. The maximum absolute atomic E-state index is 9.68. The molecule has 0 amide bonds. The van der Waals surface area contributed by atoms with Crippen molar-refractivity contribution in [2.45, 2.75) is 52.3 Å². The lowest BCUT2D eigenvalue weighted by Crippen LogP contribution is -2.30. The van der Waals surface area contributed by atoms with Crippen LogP contribution in [0.1, 0.15) is 41.8 Å². The zero-order valence-corrected chi connectivity index (χ0v) is 15.9. The van der Waals surface area contributed by atoms with E-state index < -0.39 is 5.60 Å². The third kappa shape index (κ3) is 6.09. The fourth-order valence-corrected chi connectivity index (χ4v) is 3.24. The molecule has 2 aromatic heterocycles. The number of aliphatic hydroxyl groups is 1. The van der Waals surface area contributed by atoms with Crippen molar-refractivity contribution < 1.29 is 5.11 Å². The zero-order valence-electron chi connectivity index (χ0n) is 15.1. The lowest BCUT2D eigenvalue weighted by atomic mass is 10.1. The number of hydrogen-bond acceptors (Lipinski definition) is 4. The molecule has 1 N–H and O–H groups in total. The molecule has 0 spiro atoms. The quantitative estimate of drug-likeness (QED) is 0.843. The molecule has 0 saturated heterocycles. The molecule has 0 aliphatic rings. The number of hydrogen-bond donors (Lipinski definition) is 1. The topological polar surface area (TPSA) is 36.4 Å². The smallest absolute Gasteiger partial charge is 0.120 e. The van der Waals surface area contributed by atoms with E-state index in [1.807, 2.05) is 18.3 Å². The summed E-state index contributed by atoms with van der Waals surface area (Å²) in [7, 11) is 2.14. The Kier molecular flexibility index (Phi) is 6.17. The molecule has 0 saturated carbocycles. The van der Waals surface area contributed by atoms with Crippen molar-refractivity contribution >= 4 is 11.3 Å². The number of aryl methyl sites for hydroxylation is 1. The lowest BCUT2D eigenvalue weighted by Gasteiger charge is -2.24. The van der Waals surface area contributed by atoms with Gasteiger partial charge in [0, 0.05) is 35.8 Å². The van der Waals surface area contributed by atoms with Crippen molar-refractivity contribution in [2.75, 3.05) is 7.05 Å². The van der Waals surface area contributed by atoms with Gasteiger partial charge in [-0.3, -0.25) is 9.88 Å². The second kappa shape index (κ2) is 7.94. The van der Waals surface area contributed by atoms with Gasteiger partial charge in [0.25, 0.3) is 0 Å². The average molecular weight is 343 g/mol. The summed E-state index contributed by atoms with van der Waals surface area (Å²) in [6, 6.07) is 8.74. The number of likely N-dealkylation sites (N-methyl/N-ethyl adjacent to an activating group) is 1. The molecule has 2 aromatic rings. The Morgan fingerprint density at radius 1 is 1.33 bits per heavy atom. The van der Waals surface area contributed by atoms with Crippen LogP contribution in [0.15, 0.2) is 30.5 Å². The molecule has 0 radical (unpaired) electrons. The average Bonchev–Trinajstić information content (AvgIpc) is 2.92. The van der Waals surface area contributed by atoms with Crippen molar-refractivity contribution in [1.82, 2.24) is 9.88 Å². The zero-order chi connectivity index (χ0) is 17.7. The molecule has 0 aromatic carbocycles. The molecule has 0 fully saturated rings. The molecule has 2 heterocycles. The maximum Gasteiger partial charge on any atom is 0.120 e. The van der Waals surface area contributed by atoms with Gasteiger partial charge in [0.1, 0.15) is 5.60 Å². The summed E-state index contributed by atoms with van der Waals surface area (Å²) in [5.74, 6) is 5.90. The van der Waals surface area contributed by atoms with Crippen LogP contribution < -0.4 is 0 Å². The van der Waals surface area contributed by atoms with E-state index in [0.717, 1.165) is 23.5 Å². The summed E-state index contributed by atoms with van der Waals surface area (Å²) in [5.41, 5.74) is 1.44. The van der Waals surface area contributed by atoms with Crippen LogP contribution in [-0.2, 0) is 13.0 Å². The molecule has 4 heteroatoms. The van der Waals surface area contributed by atoms with Crippen LogP contribution in [0, 0.1) is 18.8 Å². The lowest BCUT2D eigenvalue weighted by molar-refractivity contribution is 0.143. The predicted octanol–water partition coefficient (Wildman–Crippen LogP) is 3.64. The van der Waals surface area contributed by atoms with Gasteiger partial charge in [-0.1, -0.05) is 11.8 Å². The van der Waals surface area contributed by atoms with Gasteiger partial charge < -0.3 is 5.11 Å². The highest BCUT2D eigenvalue weighted by Gasteiger charge is 2.13. The molecule has 0 unspecified atom stereocenters. The van der Waals surface area contributed by atoms with Gasteiger partial charge in [-0.2, -0.15) is 0 Å². The minimum Gasteiger partial charge on any atom is -0.378 e. The third-order valence-corrected chi connectivity index (χ3v) is 4.77. The van der Waals surface area contributed by atoms with Crippen molar-refractivity contribution in [3.63, 3.8) is 0 Å². The first-order chi connectivity index (χ1) is 11.2. The van der Waals surface area contributed by atoms with Crippen molar-refractivity contribution in [2.24, 2.45) is 0 Å². The Morgan fingerprint density at radius 3 is 2.75 bits per heavy atom. The first-order valence-electron chi connectivity index (χ1n) is 8.19. The minimum atomic E-state index is -0.948. The van der Waals surface area contributed by atoms with E-state index in [1.165, 1.54) is 10.4 Å². The Morgan fingerprint density at radius 2 is 2.08 bits per heavy atom. The van der Waals surface area contributed by atoms with Crippen molar-refractivity contribution in [3.8, 4) is 11.8 Å². The number of rotatable bonds is 5. The van der Waals surface area contributed by atoms with Gasteiger partial charge in [0.2, 0.25) is 0 Å². The highest BCUT2D eigenvalue weighted by molar-refractivity contribution is 7.12. The van der Waals surface area contributed by atoms with Crippen LogP contribution in [0.4, 0.5) is 0 Å². The van der Waals surface area contributed by atoms with Crippen LogP contribution in [0.5, 0.6) is 0 Å². The van der Waals surface area contributed by atoms with Crippen molar-refractivity contribution in [3.05, 3.63) is 51.5 Å². The first-order valence-corrected chi connectivity index (χ1v) is 9.00. The van der Waals surface area contributed by atoms with Crippen molar-refractivity contribution in [1.29, 1.82) is 0 Å². The number of thiophene rings is 1. The second-order valence-electron chi connectivity index (χ2n) is 6.87. The van der Waals surface area contributed by atoms with Crippen LogP contribution in [0.25, 0.3) is 0 Å². The van der Waals surface area contributed by atoms with Gasteiger partial charge in [0.05, 0.1) is 4.88 Å². The van der Waals surface area contributed by atoms with E-state index in [1.54, 1.807) is 25.2 Å². The second-order valence-corrected chi connectivity index (χ2v) is 8.04. The summed E-state index contributed by atoms with van der Waals surface area (Å²) in [6.07, 6.45) is 2.82. The fraction of sp³-hybridized carbons (Fsp3) is 0.450. The SMILES string of the molecule is Cc1ccnc(C[C@H](C)N(C)Cc2ccc(C#CC(C)(C)O)s2)c1. The molecule has 24 heavy (non-hydrogen) atoms. The molecular formula is C20H26N2OS. The Labute approximate surface area is 149 Å². The van der Waals surface area contributed by atoms with Gasteiger partial charge in [-0.05, 0) is 64.6 Å². The highest BCUT2D eigenvalue weighted by Crippen LogP contribution is 2.19. The predicted molar refractivity (Wildman–Crippen MR) is 101 cm³/mol. The molecule has 1 atom stereocenters. The summed E-state index contributed by atoms with van der Waals surface area (Å²) in [5, 5.41) is 9.68. The normalized spacial score (nSPS) is 12.8. The standard InChI is InChI=1S/C20H26N2OS/c1-15-9-11-21-17(12-15)13-16(2)22(5)14-19-7-6-18(24-19)8-10-20(3,4)23/h6-7,9,11-12,16,23H,13-14H2,1-5H3/t16-/m0/s1. The van der Waals surface area contributed by atoms with Crippen LogP contribution in [0.2, 0.25) is 0 Å². The summed E-state index contributed by atoms with van der Waals surface area (Å²) in [4.78, 5) is 9.06. The maximum atomic E-state index is 9.68. The molecule has 3 nitrogen and oxygen atoms in total. The van der Waals surface area contributed by atoms with Crippen LogP contribution in [0.3, 0.4) is 0 Å². The molecule has 0 aliphatic heterocycles. The highest BCUT2D eigenvalue weighted by atomic mass is 32.1. The number of pyridine rings is 1. The molecule has 2 rings (SSSR count). The summed E-state index contributed by atoms with van der Waals surface area (Å²) < 4.78 is 0. The Hall–Kier alpha value is -1.67. The van der Waals surface area contributed by atoms with Crippen LogP contribution in [-0.4, -0.2) is 33.7 Å². The molecular weight excluding hydrogens is 316 g/mol. The van der Waals surface area contributed by atoms with E-state index in [0.29, 0.717) is 6.04 Å². The monoisotopic (exact) mass is 342 g/mol. The molecule has 0 aliphatic carbocycles. The first kappa shape index (κ1) is 18.7. The number of aromatic nitrogens is 1. The minimum absolute atomic E-state index is 0.410.